The molecule has 0 aromatic heterocycles. The number of nitrogens with two attached hydrogens (primary N) is 1. The third-order valence-corrected chi connectivity index (χ3v) is 5.14. The summed E-state index contributed by atoms with van der Waals surface area (Å²) in [5.41, 5.74) is 8.29. The molecule has 1 aliphatic heterocycles. The van der Waals surface area contributed by atoms with Crippen molar-refractivity contribution in [2.45, 2.75) is 43.7 Å². The molecule has 0 amide bonds. The lowest BCUT2D eigenvalue weighted by molar-refractivity contribution is -0.132. The monoisotopic (exact) mass is 324 g/mol. The number of halogens is 1. The number of anilines is 2. The van der Waals surface area contributed by atoms with E-state index < -0.39 is 0 Å². The second-order valence-corrected chi connectivity index (χ2v) is 6.76. The lowest BCUT2D eigenvalue weighted by atomic mass is 9.73. The largest absolute Gasteiger partial charge is 0.397 e. The SMILES string of the molecule is CN(c1ccc(Br)cc1N)C1CCOC2(CCC2)C1. The van der Waals surface area contributed by atoms with Crippen LogP contribution in [0.3, 0.4) is 0 Å². The molecule has 3 rings (SSSR count). The van der Waals surface area contributed by atoms with Crippen molar-refractivity contribution in [2.75, 3.05) is 24.3 Å². The molecule has 0 bridgehead atoms. The van der Waals surface area contributed by atoms with Gasteiger partial charge in [0.05, 0.1) is 17.0 Å². The van der Waals surface area contributed by atoms with Gasteiger partial charge in [-0.3, -0.25) is 0 Å². The number of rotatable bonds is 2. The molecule has 1 saturated carbocycles. The van der Waals surface area contributed by atoms with Gasteiger partial charge in [-0.15, -0.1) is 0 Å². The van der Waals surface area contributed by atoms with Crippen LogP contribution in [0.2, 0.25) is 0 Å². The van der Waals surface area contributed by atoms with E-state index in [1.807, 2.05) is 6.07 Å². The van der Waals surface area contributed by atoms with E-state index in [-0.39, 0.29) is 5.60 Å². The summed E-state index contributed by atoms with van der Waals surface area (Å²) in [6.45, 7) is 0.880. The predicted molar refractivity (Wildman–Crippen MR) is 82.5 cm³/mol. The number of nitrogens with zero attached hydrogens (tertiary/aromatic N) is 1. The van der Waals surface area contributed by atoms with E-state index in [2.05, 4.69) is 40.0 Å². The minimum atomic E-state index is 0.182. The fourth-order valence-electron chi connectivity index (χ4n) is 3.30. The summed E-state index contributed by atoms with van der Waals surface area (Å²) < 4.78 is 7.03. The fourth-order valence-corrected chi connectivity index (χ4v) is 3.67. The fraction of sp³-hybridized carbons (Fsp3) is 0.600. The van der Waals surface area contributed by atoms with Gasteiger partial charge in [0, 0.05) is 24.2 Å². The van der Waals surface area contributed by atoms with Gasteiger partial charge < -0.3 is 15.4 Å². The normalized spacial score (nSPS) is 25.1. The van der Waals surface area contributed by atoms with Crippen molar-refractivity contribution in [3.8, 4) is 0 Å². The number of hydrogen-bond acceptors (Lipinski definition) is 3. The van der Waals surface area contributed by atoms with Crippen LogP contribution >= 0.6 is 15.9 Å². The van der Waals surface area contributed by atoms with Crippen molar-refractivity contribution in [2.24, 2.45) is 0 Å². The molecule has 2 fully saturated rings. The molecule has 1 spiro atoms. The third kappa shape index (κ3) is 2.48. The highest BCUT2D eigenvalue weighted by Crippen LogP contribution is 2.44. The second-order valence-electron chi connectivity index (χ2n) is 5.85. The molecule has 104 valence electrons. The molecule has 1 unspecified atom stereocenters. The average Bonchev–Trinajstić information content (AvgIpc) is 2.36. The Labute approximate surface area is 123 Å². The minimum absolute atomic E-state index is 0.182. The molecular weight excluding hydrogens is 304 g/mol. The van der Waals surface area contributed by atoms with Gasteiger partial charge in [0.25, 0.3) is 0 Å². The molecule has 0 radical (unpaired) electrons. The topological polar surface area (TPSA) is 38.5 Å². The van der Waals surface area contributed by atoms with E-state index in [0.717, 1.165) is 35.3 Å². The van der Waals surface area contributed by atoms with Crippen LogP contribution < -0.4 is 10.6 Å². The van der Waals surface area contributed by atoms with Crippen molar-refractivity contribution in [3.63, 3.8) is 0 Å². The first-order valence-electron chi connectivity index (χ1n) is 7.01. The van der Waals surface area contributed by atoms with Crippen molar-refractivity contribution in [3.05, 3.63) is 22.7 Å². The van der Waals surface area contributed by atoms with Gasteiger partial charge in [-0.25, -0.2) is 0 Å². The van der Waals surface area contributed by atoms with E-state index in [1.54, 1.807) is 0 Å². The minimum Gasteiger partial charge on any atom is -0.397 e. The first kappa shape index (κ1) is 13.3. The van der Waals surface area contributed by atoms with Gasteiger partial charge in [0.1, 0.15) is 0 Å². The first-order valence-corrected chi connectivity index (χ1v) is 7.81. The quantitative estimate of drug-likeness (QED) is 0.845. The van der Waals surface area contributed by atoms with Crippen LogP contribution in [0.15, 0.2) is 22.7 Å². The highest BCUT2D eigenvalue weighted by Gasteiger charge is 2.43. The van der Waals surface area contributed by atoms with Crippen LogP contribution in [-0.2, 0) is 4.74 Å². The van der Waals surface area contributed by atoms with Crippen molar-refractivity contribution >= 4 is 27.3 Å². The zero-order valence-electron chi connectivity index (χ0n) is 11.4. The van der Waals surface area contributed by atoms with Gasteiger partial charge in [-0.1, -0.05) is 15.9 Å². The van der Waals surface area contributed by atoms with Gasteiger partial charge in [0.2, 0.25) is 0 Å². The summed E-state index contributed by atoms with van der Waals surface area (Å²) in [6, 6.07) is 6.67. The van der Waals surface area contributed by atoms with Crippen molar-refractivity contribution in [1.82, 2.24) is 0 Å². The van der Waals surface area contributed by atoms with E-state index in [1.165, 1.54) is 19.3 Å². The Hall–Kier alpha value is -0.740. The maximum atomic E-state index is 6.14. The van der Waals surface area contributed by atoms with Crippen molar-refractivity contribution < 1.29 is 4.74 Å². The lowest BCUT2D eigenvalue weighted by Gasteiger charge is -2.49. The Bertz CT molecular complexity index is 473. The van der Waals surface area contributed by atoms with E-state index in [9.17, 15) is 0 Å². The van der Waals surface area contributed by atoms with Crippen molar-refractivity contribution in [1.29, 1.82) is 0 Å². The second kappa shape index (κ2) is 4.98. The number of hydrogen-bond donors (Lipinski definition) is 1. The van der Waals surface area contributed by atoms with Crippen LogP contribution in [0.5, 0.6) is 0 Å². The number of nitrogen functional groups attached to an aromatic ring is 1. The molecule has 2 N–H and O–H groups in total. The first-order chi connectivity index (χ1) is 9.10. The van der Waals surface area contributed by atoms with Gasteiger partial charge in [-0.2, -0.15) is 0 Å². The molecule has 1 saturated heterocycles. The Morgan fingerprint density at radius 3 is 2.84 bits per heavy atom. The third-order valence-electron chi connectivity index (χ3n) is 4.65. The zero-order chi connectivity index (χ0) is 13.5. The summed E-state index contributed by atoms with van der Waals surface area (Å²) in [5.74, 6) is 0. The van der Waals surface area contributed by atoms with E-state index >= 15 is 0 Å². The molecule has 1 heterocycles. The molecule has 1 aromatic rings. The summed E-state index contributed by atoms with van der Waals surface area (Å²) >= 11 is 3.46. The summed E-state index contributed by atoms with van der Waals surface area (Å²) in [6.07, 6.45) is 6.00. The Morgan fingerprint density at radius 1 is 1.42 bits per heavy atom. The molecule has 4 heteroatoms. The molecule has 1 atom stereocenters. The highest BCUT2D eigenvalue weighted by molar-refractivity contribution is 9.10. The summed E-state index contributed by atoms with van der Waals surface area (Å²) in [5, 5.41) is 0. The smallest absolute Gasteiger partial charge is 0.0702 e. The number of ether oxygens (including phenoxy) is 1. The Kier molecular flexibility index (Phi) is 3.48. The van der Waals surface area contributed by atoms with Crippen LogP contribution in [0, 0.1) is 0 Å². The summed E-state index contributed by atoms with van der Waals surface area (Å²) in [4.78, 5) is 2.34. The maximum Gasteiger partial charge on any atom is 0.0702 e. The zero-order valence-corrected chi connectivity index (χ0v) is 12.9. The van der Waals surface area contributed by atoms with E-state index in [4.69, 9.17) is 10.5 Å². The molecule has 2 aliphatic rings. The average molecular weight is 325 g/mol. The molecule has 3 nitrogen and oxygen atoms in total. The molecule has 1 aromatic carbocycles. The molecule has 1 aliphatic carbocycles. The Morgan fingerprint density at radius 2 is 2.21 bits per heavy atom. The van der Waals surface area contributed by atoms with E-state index in [0.29, 0.717) is 6.04 Å². The van der Waals surface area contributed by atoms with Crippen LogP contribution in [0.25, 0.3) is 0 Å². The number of benzene rings is 1. The van der Waals surface area contributed by atoms with Crippen LogP contribution in [0.1, 0.15) is 32.1 Å². The van der Waals surface area contributed by atoms with Gasteiger partial charge in [0.15, 0.2) is 0 Å². The lowest BCUT2D eigenvalue weighted by Crippen LogP contribution is -2.51. The standard InChI is InChI=1S/C15H21BrN2O/c1-18(14-4-3-11(16)9-13(14)17)12-5-8-19-15(10-12)6-2-7-15/h3-4,9,12H,2,5-8,10,17H2,1H3. The molecule has 19 heavy (non-hydrogen) atoms. The maximum absolute atomic E-state index is 6.14. The van der Waals surface area contributed by atoms with Crippen LogP contribution in [-0.4, -0.2) is 25.3 Å². The van der Waals surface area contributed by atoms with Gasteiger partial charge >= 0.3 is 0 Å². The summed E-state index contributed by atoms with van der Waals surface area (Å²) in [7, 11) is 2.15. The Balaban J connectivity index is 1.77. The predicted octanol–water partition coefficient (Wildman–Crippen LogP) is 3.57. The van der Waals surface area contributed by atoms with Gasteiger partial charge in [-0.05, 0) is 50.3 Å². The van der Waals surface area contributed by atoms with Crippen LogP contribution in [0.4, 0.5) is 11.4 Å². The highest BCUT2D eigenvalue weighted by atomic mass is 79.9. The molecular formula is C15H21BrN2O.